The van der Waals surface area contributed by atoms with E-state index in [1.807, 2.05) is 0 Å². The van der Waals surface area contributed by atoms with Crippen molar-refractivity contribution in [1.82, 2.24) is 5.32 Å². The molecule has 3 N–H and O–H groups in total. The second-order valence-corrected chi connectivity index (χ2v) is 4.91. The molecule has 0 aromatic rings. The summed E-state index contributed by atoms with van der Waals surface area (Å²) in [5, 5.41) is 3.63. The molecule has 1 atom stereocenters. The van der Waals surface area contributed by atoms with Crippen LogP contribution in [0.5, 0.6) is 0 Å². The Labute approximate surface area is 101 Å². The molecule has 0 radical (unpaired) electrons. The zero-order valence-electron chi connectivity index (χ0n) is 10.8. The van der Waals surface area contributed by atoms with Crippen LogP contribution in [0.2, 0.25) is 0 Å². The molecular formula is C14H28N2. The van der Waals surface area contributed by atoms with Gasteiger partial charge in [-0.2, -0.15) is 0 Å². The first-order valence-electron chi connectivity index (χ1n) is 6.93. The first kappa shape index (κ1) is 13.7. The maximum Gasteiger partial charge on any atom is 0.0218 e. The van der Waals surface area contributed by atoms with Gasteiger partial charge in [0.15, 0.2) is 0 Å². The van der Waals surface area contributed by atoms with Crippen molar-refractivity contribution in [2.75, 3.05) is 13.1 Å². The number of rotatable bonds is 6. The summed E-state index contributed by atoms with van der Waals surface area (Å²) in [6.45, 7) is 3.94. The highest BCUT2D eigenvalue weighted by Crippen LogP contribution is 2.25. The minimum Gasteiger partial charge on any atom is -0.329 e. The average Bonchev–Trinajstić information content (AvgIpc) is 2.58. The summed E-state index contributed by atoms with van der Waals surface area (Å²) in [6.07, 6.45) is 13.9. The van der Waals surface area contributed by atoms with E-state index < -0.39 is 0 Å². The fourth-order valence-corrected chi connectivity index (χ4v) is 2.67. The largest absolute Gasteiger partial charge is 0.329 e. The number of hydrogen-bond donors (Lipinski definition) is 2. The highest BCUT2D eigenvalue weighted by atomic mass is 14.9. The van der Waals surface area contributed by atoms with Crippen LogP contribution in [-0.2, 0) is 0 Å². The van der Waals surface area contributed by atoms with Gasteiger partial charge in [0.1, 0.15) is 0 Å². The SMILES string of the molecule is C/C=C/CCNC(CN)C1CCCCCC1. The lowest BCUT2D eigenvalue weighted by atomic mass is 9.92. The minimum atomic E-state index is 0.545. The Balaban J connectivity index is 2.27. The Bertz CT molecular complexity index is 181. The van der Waals surface area contributed by atoms with E-state index in [2.05, 4.69) is 24.4 Å². The predicted molar refractivity (Wildman–Crippen MR) is 71.5 cm³/mol. The Hall–Kier alpha value is -0.340. The minimum absolute atomic E-state index is 0.545. The van der Waals surface area contributed by atoms with Crippen LogP contribution < -0.4 is 11.1 Å². The summed E-state index contributed by atoms with van der Waals surface area (Å²) < 4.78 is 0. The normalized spacial score (nSPS) is 21.1. The molecule has 0 bridgehead atoms. The smallest absolute Gasteiger partial charge is 0.0218 e. The van der Waals surface area contributed by atoms with Gasteiger partial charge in [-0.1, -0.05) is 37.8 Å². The summed E-state index contributed by atoms with van der Waals surface area (Å²) >= 11 is 0. The molecule has 0 aromatic carbocycles. The fourth-order valence-electron chi connectivity index (χ4n) is 2.67. The van der Waals surface area contributed by atoms with Crippen LogP contribution in [0.25, 0.3) is 0 Å². The molecule has 0 amide bonds. The second-order valence-electron chi connectivity index (χ2n) is 4.91. The summed E-state index contributed by atoms with van der Waals surface area (Å²) in [4.78, 5) is 0. The van der Waals surface area contributed by atoms with Gasteiger partial charge >= 0.3 is 0 Å². The van der Waals surface area contributed by atoms with Gasteiger partial charge < -0.3 is 11.1 Å². The highest BCUT2D eigenvalue weighted by molar-refractivity contribution is 4.82. The van der Waals surface area contributed by atoms with Gasteiger partial charge in [0.25, 0.3) is 0 Å². The van der Waals surface area contributed by atoms with Crippen LogP contribution in [0.1, 0.15) is 51.9 Å². The molecule has 1 aliphatic carbocycles. The van der Waals surface area contributed by atoms with Gasteiger partial charge in [-0.3, -0.25) is 0 Å². The molecule has 1 saturated carbocycles. The van der Waals surface area contributed by atoms with E-state index in [1.165, 1.54) is 38.5 Å². The van der Waals surface area contributed by atoms with Crippen LogP contribution in [0.3, 0.4) is 0 Å². The standard InChI is InChI=1S/C14H28N2/c1-2-3-8-11-16-14(12-15)13-9-6-4-5-7-10-13/h2-3,13-14,16H,4-12,15H2,1H3/b3-2+. The van der Waals surface area contributed by atoms with E-state index >= 15 is 0 Å². The lowest BCUT2D eigenvalue weighted by Gasteiger charge is -2.26. The summed E-state index contributed by atoms with van der Waals surface area (Å²) in [7, 11) is 0. The summed E-state index contributed by atoms with van der Waals surface area (Å²) in [5.74, 6) is 0.818. The average molecular weight is 224 g/mol. The lowest BCUT2D eigenvalue weighted by Crippen LogP contribution is -2.42. The van der Waals surface area contributed by atoms with Gasteiger partial charge in [-0.15, -0.1) is 0 Å². The quantitative estimate of drug-likeness (QED) is 0.413. The van der Waals surface area contributed by atoms with Crippen molar-refractivity contribution >= 4 is 0 Å². The van der Waals surface area contributed by atoms with Crippen molar-refractivity contribution in [3.63, 3.8) is 0 Å². The summed E-state index contributed by atoms with van der Waals surface area (Å²) in [6, 6.07) is 0.545. The van der Waals surface area contributed by atoms with Crippen molar-refractivity contribution < 1.29 is 0 Å². The molecule has 16 heavy (non-hydrogen) atoms. The molecule has 0 saturated heterocycles. The van der Waals surface area contributed by atoms with Gasteiger partial charge in [-0.25, -0.2) is 0 Å². The van der Waals surface area contributed by atoms with Gasteiger partial charge in [0, 0.05) is 12.6 Å². The molecule has 94 valence electrons. The third kappa shape index (κ3) is 5.13. The van der Waals surface area contributed by atoms with Crippen LogP contribution in [0, 0.1) is 5.92 Å². The molecule has 0 aromatic heterocycles. The van der Waals surface area contributed by atoms with Crippen LogP contribution in [0.15, 0.2) is 12.2 Å². The number of nitrogens with one attached hydrogen (secondary N) is 1. The van der Waals surface area contributed by atoms with E-state index in [9.17, 15) is 0 Å². The zero-order valence-corrected chi connectivity index (χ0v) is 10.8. The van der Waals surface area contributed by atoms with E-state index in [0.29, 0.717) is 6.04 Å². The maximum absolute atomic E-state index is 5.89. The number of nitrogens with two attached hydrogens (primary N) is 1. The van der Waals surface area contributed by atoms with Crippen LogP contribution >= 0.6 is 0 Å². The Kier molecular flexibility index (Phi) is 7.52. The molecule has 1 fully saturated rings. The van der Waals surface area contributed by atoms with Crippen molar-refractivity contribution in [3.05, 3.63) is 12.2 Å². The number of allylic oxidation sites excluding steroid dienone is 1. The molecule has 1 aliphatic rings. The third-order valence-electron chi connectivity index (χ3n) is 3.68. The monoisotopic (exact) mass is 224 g/mol. The van der Waals surface area contributed by atoms with Crippen molar-refractivity contribution in [1.29, 1.82) is 0 Å². The molecule has 1 rings (SSSR count). The molecule has 2 heteroatoms. The van der Waals surface area contributed by atoms with Crippen molar-refractivity contribution in [2.45, 2.75) is 57.9 Å². The first-order chi connectivity index (χ1) is 7.88. The Morgan fingerprint density at radius 1 is 1.25 bits per heavy atom. The van der Waals surface area contributed by atoms with Crippen LogP contribution in [-0.4, -0.2) is 19.1 Å². The van der Waals surface area contributed by atoms with Gasteiger partial charge in [0.05, 0.1) is 0 Å². The van der Waals surface area contributed by atoms with E-state index in [1.54, 1.807) is 0 Å². The van der Waals surface area contributed by atoms with Gasteiger partial charge in [0.2, 0.25) is 0 Å². The molecule has 0 aliphatic heterocycles. The maximum atomic E-state index is 5.89. The second kappa shape index (κ2) is 8.77. The molecule has 0 spiro atoms. The summed E-state index contributed by atoms with van der Waals surface area (Å²) in [5.41, 5.74) is 5.89. The molecular weight excluding hydrogens is 196 g/mol. The highest BCUT2D eigenvalue weighted by Gasteiger charge is 2.20. The third-order valence-corrected chi connectivity index (χ3v) is 3.68. The van der Waals surface area contributed by atoms with Crippen LogP contribution in [0.4, 0.5) is 0 Å². The molecule has 2 nitrogen and oxygen atoms in total. The van der Waals surface area contributed by atoms with E-state index in [-0.39, 0.29) is 0 Å². The topological polar surface area (TPSA) is 38.0 Å². The lowest BCUT2D eigenvalue weighted by molar-refractivity contribution is 0.326. The predicted octanol–water partition coefficient (Wildman–Crippen LogP) is 2.84. The zero-order chi connectivity index (χ0) is 11.6. The molecule has 1 unspecified atom stereocenters. The Morgan fingerprint density at radius 2 is 1.94 bits per heavy atom. The van der Waals surface area contributed by atoms with Gasteiger partial charge in [-0.05, 0) is 38.6 Å². The molecule has 0 heterocycles. The van der Waals surface area contributed by atoms with E-state index in [4.69, 9.17) is 5.73 Å². The van der Waals surface area contributed by atoms with Crippen molar-refractivity contribution in [3.8, 4) is 0 Å². The number of hydrogen-bond acceptors (Lipinski definition) is 2. The van der Waals surface area contributed by atoms with Crippen molar-refractivity contribution in [2.24, 2.45) is 11.7 Å². The Morgan fingerprint density at radius 3 is 2.50 bits per heavy atom. The fraction of sp³-hybridized carbons (Fsp3) is 0.857. The first-order valence-corrected chi connectivity index (χ1v) is 6.93. The van der Waals surface area contributed by atoms with E-state index in [0.717, 1.165) is 25.4 Å².